The van der Waals surface area contributed by atoms with Crippen LogP contribution in [0.15, 0.2) is 99.4 Å². The molecule has 7 rings (SSSR count). The second-order valence-electron chi connectivity index (χ2n) is 17.3. The lowest BCUT2D eigenvalue weighted by atomic mass is 9.72. The predicted octanol–water partition coefficient (Wildman–Crippen LogP) is 10.1. The van der Waals surface area contributed by atoms with E-state index in [1.807, 2.05) is 49.4 Å². The molecule has 62 heavy (non-hydrogen) atoms. The van der Waals surface area contributed by atoms with Crippen LogP contribution < -0.4 is 10.0 Å². The van der Waals surface area contributed by atoms with Gasteiger partial charge in [-0.25, -0.2) is 26.8 Å². The molecule has 17 heteroatoms. The Labute approximate surface area is 373 Å². The van der Waals surface area contributed by atoms with Gasteiger partial charge in [0.2, 0.25) is 0 Å². The van der Waals surface area contributed by atoms with E-state index in [0.717, 1.165) is 73.8 Å². The number of thioether (sulfide) groups is 1. The Morgan fingerprint density at radius 1 is 0.952 bits per heavy atom. The Bertz CT molecular complexity index is 2460. The van der Waals surface area contributed by atoms with Crippen LogP contribution in [-0.2, 0) is 32.8 Å². The summed E-state index contributed by atoms with van der Waals surface area (Å²) in [7, 11) is -10.5. The van der Waals surface area contributed by atoms with Crippen LogP contribution >= 0.6 is 23.4 Å². The predicted molar refractivity (Wildman–Crippen MR) is 242 cm³/mol. The molecule has 0 amide bonds. The number of benzene rings is 3. The van der Waals surface area contributed by atoms with Crippen molar-refractivity contribution in [1.29, 1.82) is 0 Å². The fourth-order valence-electron chi connectivity index (χ4n) is 8.75. The summed E-state index contributed by atoms with van der Waals surface area (Å²) in [5.74, 6) is 0.456. The molecular weight excluding hydrogens is 877 g/mol. The number of nitrogens with one attached hydrogen (secondary N) is 2. The molecular formula is C45H54ClF3N6O4S3. The Hall–Kier alpha value is -3.67. The van der Waals surface area contributed by atoms with E-state index in [-0.39, 0.29) is 16.9 Å². The van der Waals surface area contributed by atoms with Crippen LogP contribution in [0.1, 0.15) is 82.5 Å². The van der Waals surface area contributed by atoms with Crippen LogP contribution in [-0.4, -0.2) is 86.1 Å². The SMILES string of the molecule is CCCC(CSc1ccccc1)Nc1ccc(S(=O)(=O)Nc2ncnc3c2CCN(C2CCN(CC4=C(c5ccc(Cl)cc5)CC(C)(C)CC4)CC2)C3)cc1S(=O)(=O)C(F)(F)F. The number of piperidine rings is 1. The lowest BCUT2D eigenvalue weighted by Gasteiger charge is -2.41. The molecule has 0 bridgehead atoms. The van der Waals surface area contributed by atoms with Gasteiger partial charge in [-0.1, -0.05) is 74.7 Å². The minimum absolute atomic E-state index is 0.0215. The van der Waals surface area contributed by atoms with Crippen molar-refractivity contribution in [2.75, 3.05) is 42.0 Å². The van der Waals surface area contributed by atoms with Crippen LogP contribution in [0, 0.1) is 5.41 Å². The minimum atomic E-state index is -5.95. The number of likely N-dealkylation sites (tertiary alicyclic amines) is 1. The summed E-state index contributed by atoms with van der Waals surface area (Å²) < 4.78 is 98.4. The first-order chi connectivity index (χ1) is 29.4. The zero-order valence-corrected chi connectivity index (χ0v) is 38.4. The highest BCUT2D eigenvalue weighted by Crippen LogP contribution is 2.44. The lowest BCUT2D eigenvalue weighted by Crippen LogP contribution is -2.47. The monoisotopic (exact) mass is 930 g/mol. The number of rotatable bonds is 15. The van der Waals surface area contributed by atoms with E-state index in [2.05, 4.69) is 55.8 Å². The Balaban J connectivity index is 1.03. The Kier molecular flexibility index (Phi) is 14.3. The van der Waals surface area contributed by atoms with E-state index < -0.39 is 41.2 Å². The average molecular weight is 932 g/mol. The number of alkyl halides is 3. The second-order valence-corrected chi connectivity index (χ2v) is 22.4. The molecule has 3 aromatic carbocycles. The molecule has 1 saturated heterocycles. The summed E-state index contributed by atoms with van der Waals surface area (Å²) in [5, 5.41) is 3.72. The van der Waals surface area contributed by atoms with Crippen LogP contribution in [0.25, 0.3) is 5.57 Å². The molecule has 0 saturated carbocycles. The average Bonchev–Trinajstić information content (AvgIpc) is 3.24. The Morgan fingerprint density at radius 3 is 2.37 bits per heavy atom. The number of hydrogen-bond donors (Lipinski definition) is 2. The molecule has 0 spiro atoms. The fourth-order valence-corrected chi connectivity index (χ4v) is 12.0. The molecule has 0 radical (unpaired) electrons. The highest BCUT2D eigenvalue weighted by atomic mass is 35.5. The number of hydrogen-bond acceptors (Lipinski definition) is 10. The van der Waals surface area contributed by atoms with Crippen molar-refractivity contribution in [3.63, 3.8) is 0 Å². The van der Waals surface area contributed by atoms with Crippen molar-refractivity contribution >= 4 is 60.3 Å². The van der Waals surface area contributed by atoms with Crippen molar-refractivity contribution in [1.82, 2.24) is 19.8 Å². The zero-order chi connectivity index (χ0) is 44.3. The summed E-state index contributed by atoms with van der Waals surface area (Å²) in [4.78, 5) is 12.8. The van der Waals surface area contributed by atoms with Gasteiger partial charge < -0.3 is 5.32 Å². The molecule has 4 aromatic rings. The fraction of sp³-hybridized carbons (Fsp3) is 0.467. The largest absolute Gasteiger partial charge is 0.501 e. The molecule has 1 atom stereocenters. The summed E-state index contributed by atoms with van der Waals surface area (Å²) >= 11 is 7.70. The molecule has 1 aliphatic carbocycles. The first-order valence-corrected chi connectivity index (χ1v) is 25.4. The highest BCUT2D eigenvalue weighted by molar-refractivity contribution is 7.99. The molecule has 2 aliphatic heterocycles. The van der Waals surface area contributed by atoms with E-state index in [9.17, 15) is 30.0 Å². The van der Waals surface area contributed by atoms with E-state index in [4.69, 9.17) is 11.6 Å². The van der Waals surface area contributed by atoms with Gasteiger partial charge in [0.15, 0.2) is 0 Å². The summed E-state index contributed by atoms with van der Waals surface area (Å²) in [5.41, 5.74) is -0.289. The molecule has 1 aromatic heterocycles. The first kappa shape index (κ1) is 46.3. The smallest absolute Gasteiger partial charge is 0.380 e. The number of nitrogens with zero attached hydrogens (tertiary/aromatic N) is 4. The van der Waals surface area contributed by atoms with Crippen molar-refractivity contribution < 1.29 is 30.0 Å². The van der Waals surface area contributed by atoms with Crippen LogP contribution in [0.5, 0.6) is 0 Å². The second kappa shape index (κ2) is 19.2. The molecule has 1 fully saturated rings. The molecule has 1 unspecified atom stereocenters. The molecule has 10 nitrogen and oxygen atoms in total. The third-order valence-electron chi connectivity index (χ3n) is 12.2. The molecule has 2 N–H and O–H groups in total. The number of sulfone groups is 1. The number of anilines is 2. The summed E-state index contributed by atoms with van der Waals surface area (Å²) in [6, 6.07) is 20.3. The van der Waals surface area contributed by atoms with Crippen LogP contribution in [0.3, 0.4) is 0 Å². The number of aromatic nitrogens is 2. The third kappa shape index (κ3) is 11.0. The first-order valence-electron chi connectivity index (χ1n) is 21.1. The van der Waals surface area contributed by atoms with Gasteiger partial charge in [0, 0.05) is 53.0 Å². The van der Waals surface area contributed by atoms with Gasteiger partial charge in [0.25, 0.3) is 19.9 Å². The van der Waals surface area contributed by atoms with Gasteiger partial charge in [-0.2, -0.15) is 13.2 Å². The molecule has 3 heterocycles. The highest BCUT2D eigenvalue weighted by Gasteiger charge is 2.48. The van der Waals surface area contributed by atoms with Gasteiger partial charge in [-0.15, -0.1) is 11.8 Å². The van der Waals surface area contributed by atoms with Gasteiger partial charge in [0.05, 0.1) is 16.3 Å². The summed E-state index contributed by atoms with van der Waals surface area (Å²) in [6.45, 7) is 10.6. The van der Waals surface area contributed by atoms with Crippen molar-refractivity contribution in [2.24, 2.45) is 5.41 Å². The number of halogens is 4. The van der Waals surface area contributed by atoms with Gasteiger partial charge in [-0.3, -0.25) is 14.5 Å². The number of fused-ring (bicyclic) bond motifs is 1. The minimum Gasteiger partial charge on any atom is -0.380 e. The normalized spacial score (nSPS) is 18.6. The van der Waals surface area contributed by atoms with Crippen LogP contribution in [0.2, 0.25) is 5.02 Å². The van der Waals surface area contributed by atoms with Crippen molar-refractivity contribution in [3.8, 4) is 0 Å². The molecule has 334 valence electrons. The van der Waals surface area contributed by atoms with Gasteiger partial charge in [0.1, 0.15) is 17.0 Å². The molecule has 3 aliphatic rings. The Morgan fingerprint density at radius 2 is 1.68 bits per heavy atom. The number of allylic oxidation sites excluding steroid dienone is 1. The maximum atomic E-state index is 14.1. The van der Waals surface area contributed by atoms with E-state index in [0.29, 0.717) is 61.5 Å². The lowest BCUT2D eigenvalue weighted by molar-refractivity contribution is -0.0435. The van der Waals surface area contributed by atoms with Crippen molar-refractivity contribution in [3.05, 3.63) is 107 Å². The number of sulfonamides is 1. The zero-order valence-electron chi connectivity index (χ0n) is 35.2. The third-order valence-corrected chi connectivity index (χ3v) is 16.5. The summed E-state index contributed by atoms with van der Waals surface area (Å²) in [6.07, 6.45) is 8.16. The maximum absolute atomic E-state index is 14.1. The standard InChI is InChI=1S/C45H54ClF3N6O4S3/c1-4-8-34(29-60-36-9-6-5-7-10-36)52-40-16-15-37(25-42(40)61(56,57)45(47,48)49)62(58,59)53-43-38-20-24-55(28-41(38)50-30-51-43)35-18-22-54(23-19-35)27-32-17-21-44(2,3)26-39(32)31-11-13-33(46)14-12-31/h5-7,9-16,25,30,34-35,52H,4,8,17-24,26-29H2,1-3H3,(H,50,51,53). The van der Waals surface area contributed by atoms with E-state index in [1.54, 1.807) is 0 Å². The van der Waals surface area contributed by atoms with E-state index in [1.165, 1.54) is 34.8 Å². The quantitative estimate of drug-likeness (QED) is 0.111. The van der Waals surface area contributed by atoms with Crippen LogP contribution in [0.4, 0.5) is 24.7 Å². The van der Waals surface area contributed by atoms with Gasteiger partial charge >= 0.3 is 5.51 Å². The van der Waals surface area contributed by atoms with Gasteiger partial charge in [-0.05, 0) is 117 Å². The van der Waals surface area contributed by atoms with E-state index >= 15 is 0 Å². The maximum Gasteiger partial charge on any atom is 0.501 e. The van der Waals surface area contributed by atoms with Crippen molar-refractivity contribution in [2.45, 2.75) is 111 Å². The topological polar surface area (TPSA) is 125 Å².